The highest BCUT2D eigenvalue weighted by atomic mass is 16.2. The van der Waals surface area contributed by atoms with E-state index in [4.69, 9.17) is 0 Å². The summed E-state index contributed by atoms with van der Waals surface area (Å²) in [6.45, 7) is 7.64. The van der Waals surface area contributed by atoms with Crippen molar-refractivity contribution in [1.82, 2.24) is 24.8 Å². The zero-order chi connectivity index (χ0) is 22.9. The van der Waals surface area contributed by atoms with Gasteiger partial charge in [0.15, 0.2) is 0 Å². The summed E-state index contributed by atoms with van der Waals surface area (Å²) in [6.07, 6.45) is 6.74. The van der Waals surface area contributed by atoms with E-state index < -0.39 is 11.1 Å². The number of H-pyrrole nitrogens is 3. The van der Waals surface area contributed by atoms with Crippen molar-refractivity contribution in [3.63, 3.8) is 0 Å². The molecule has 8 heteroatoms. The van der Waals surface area contributed by atoms with E-state index in [1.807, 2.05) is 25.7 Å². The van der Waals surface area contributed by atoms with Gasteiger partial charge in [0.25, 0.3) is 17.0 Å². The van der Waals surface area contributed by atoms with E-state index >= 15 is 0 Å². The Morgan fingerprint density at radius 2 is 1.69 bits per heavy atom. The molecule has 3 heterocycles. The van der Waals surface area contributed by atoms with Crippen LogP contribution in [0.15, 0.2) is 40.2 Å². The molecule has 0 aliphatic carbocycles. The summed E-state index contributed by atoms with van der Waals surface area (Å²) in [5, 5.41) is 0.249. The van der Waals surface area contributed by atoms with Gasteiger partial charge in [0.1, 0.15) is 10.7 Å². The number of imidazole rings is 1. The molecule has 32 heavy (non-hydrogen) atoms. The Morgan fingerprint density at radius 3 is 2.34 bits per heavy atom. The van der Waals surface area contributed by atoms with Crippen molar-refractivity contribution in [2.75, 3.05) is 13.1 Å². The van der Waals surface area contributed by atoms with Gasteiger partial charge >= 0.3 is 0 Å². The van der Waals surface area contributed by atoms with E-state index in [0.29, 0.717) is 16.8 Å². The molecule has 1 fully saturated rings. The minimum Gasteiger partial charge on any atom is -0.348 e. The number of hydrogen-bond donors (Lipinski definition) is 3. The molecule has 0 atom stereocenters. The number of aromatic nitrogens is 4. The average Bonchev–Trinajstić information content (AvgIpc) is 3.43. The van der Waals surface area contributed by atoms with Crippen molar-refractivity contribution in [2.24, 2.45) is 0 Å². The number of amides is 1. The predicted molar refractivity (Wildman–Crippen MR) is 123 cm³/mol. The van der Waals surface area contributed by atoms with Crippen molar-refractivity contribution < 1.29 is 4.79 Å². The van der Waals surface area contributed by atoms with E-state index in [-0.39, 0.29) is 22.0 Å². The monoisotopic (exact) mass is 433 g/mol. The number of hydrogen-bond acceptors (Lipinski definition) is 4. The normalized spacial score (nSPS) is 15.5. The van der Waals surface area contributed by atoms with Gasteiger partial charge in [-0.25, -0.2) is 4.98 Å². The minimum absolute atomic E-state index is 0.0150. The van der Waals surface area contributed by atoms with E-state index in [9.17, 15) is 14.4 Å². The van der Waals surface area contributed by atoms with Crippen LogP contribution in [0.2, 0.25) is 0 Å². The Balaban J connectivity index is 1.71. The molecule has 1 saturated heterocycles. The van der Waals surface area contributed by atoms with Crippen LogP contribution in [0.1, 0.15) is 60.9 Å². The van der Waals surface area contributed by atoms with Crippen molar-refractivity contribution in [3.8, 4) is 0 Å². The third kappa shape index (κ3) is 4.49. The standard InChI is InChI=1S/C24H27N5O3/c1-24(2,3)20-17(25-14-26-20)13-19-22(31)27-18(21(30)28-19)12-15-7-6-8-16(11-15)23(32)29-9-4-5-10-29/h6-8,11-14H,4-5,9-10H2,1-3H3,(H,25,26)(H,27,31)(H,28,30)/b18-12-,19-13-. The van der Waals surface area contributed by atoms with Gasteiger partial charge in [-0.3, -0.25) is 14.4 Å². The molecule has 0 unspecified atom stereocenters. The summed E-state index contributed by atoms with van der Waals surface area (Å²) in [5.74, 6) is -0.0150. The van der Waals surface area contributed by atoms with Gasteiger partial charge in [0.05, 0.1) is 12.0 Å². The molecule has 3 N–H and O–H groups in total. The Kier molecular flexibility index (Phi) is 5.69. The number of rotatable bonds is 3. The smallest absolute Gasteiger partial charge is 0.272 e. The van der Waals surface area contributed by atoms with Crippen LogP contribution in [0.4, 0.5) is 0 Å². The molecule has 0 bridgehead atoms. The van der Waals surface area contributed by atoms with E-state index in [2.05, 4.69) is 19.9 Å². The highest BCUT2D eigenvalue weighted by Gasteiger charge is 2.20. The van der Waals surface area contributed by atoms with Gasteiger partial charge in [-0.2, -0.15) is 0 Å². The van der Waals surface area contributed by atoms with Crippen LogP contribution in [-0.4, -0.2) is 43.8 Å². The van der Waals surface area contributed by atoms with Crippen molar-refractivity contribution >= 4 is 18.1 Å². The van der Waals surface area contributed by atoms with E-state index in [1.54, 1.807) is 42.7 Å². The molecular formula is C24H27N5O3. The highest BCUT2D eigenvalue weighted by Crippen LogP contribution is 2.22. The molecule has 0 radical (unpaired) electrons. The summed E-state index contributed by atoms with van der Waals surface area (Å²) >= 11 is 0. The lowest BCUT2D eigenvalue weighted by atomic mass is 9.90. The molecule has 1 aliphatic rings. The second-order valence-corrected chi connectivity index (χ2v) is 9.06. The molecule has 1 aromatic carbocycles. The Hall–Kier alpha value is -3.68. The number of aromatic amines is 3. The number of benzene rings is 1. The number of likely N-dealkylation sites (tertiary alicyclic amines) is 1. The fourth-order valence-corrected chi connectivity index (χ4v) is 3.88. The van der Waals surface area contributed by atoms with Crippen LogP contribution < -0.4 is 21.8 Å². The third-order valence-electron chi connectivity index (χ3n) is 5.52. The van der Waals surface area contributed by atoms with Gasteiger partial charge in [-0.05, 0) is 42.7 Å². The SMILES string of the molecule is CC(C)(C)c1[nH]cnc1/C=c1\[nH]c(=O)/c(=C/c2cccc(C(=O)N3CCCC3)c2)[nH]c1=O. The van der Waals surface area contributed by atoms with Crippen LogP contribution in [0.5, 0.6) is 0 Å². The van der Waals surface area contributed by atoms with Crippen molar-refractivity contribution in [2.45, 2.75) is 39.0 Å². The Morgan fingerprint density at radius 1 is 1.03 bits per heavy atom. The summed E-state index contributed by atoms with van der Waals surface area (Å²) < 4.78 is 0. The number of carbonyl (C=O) groups excluding carboxylic acids is 1. The zero-order valence-electron chi connectivity index (χ0n) is 18.5. The lowest BCUT2D eigenvalue weighted by Gasteiger charge is -2.16. The Bertz CT molecular complexity index is 1380. The fourth-order valence-electron chi connectivity index (χ4n) is 3.88. The Labute approximate surface area is 184 Å². The van der Waals surface area contributed by atoms with Crippen LogP contribution in [0.25, 0.3) is 12.2 Å². The maximum absolute atomic E-state index is 12.7. The second-order valence-electron chi connectivity index (χ2n) is 9.06. The topological polar surface area (TPSA) is 115 Å². The van der Waals surface area contributed by atoms with Crippen LogP contribution in [0.3, 0.4) is 0 Å². The second kappa shape index (κ2) is 8.45. The molecule has 1 amide bonds. The first-order valence-electron chi connectivity index (χ1n) is 10.7. The van der Waals surface area contributed by atoms with Crippen molar-refractivity contribution in [3.05, 3.63) is 84.5 Å². The van der Waals surface area contributed by atoms with Gasteiger partial charge in [-0.1, -0.05) is 32.9 Å². The summed E-state index contributed by atoms with van der Waals surface area (Å²) in [6, 6.07) is 7.06. The molecule has 0 saturated carbocycles. The fraction of sp³-hybridized carbons (Fsp3) is 0.333. The van der Waals surface area contributed by atoms with Gasteiger partial charge in [0, 0.05) is 29.8 Å². The lowest BCUT2D eigenvalue weighted by molar-refractivity contribution is 0.0793. The summed E-state index contributed by atoms with van der Waals surface area (Å²) in [4.78, 5) is 52.4. The predicted octanol–water partition coefficient (Wildman–Crippen LogP) is 0.977. The molecule has 3 aromatic rings. The lowest BCUT2D eigenvalue weighted by Crippen LogP contribution is -2.46. The van der Waals surface area contributed by atoms with Gasteiger partial charge < -0.3 is 19.9 Å². The van der Waals surface area contributed by atoms with Crippen LogP contribution in [0, 0.1) is 0 Å². The first-order chi connectivity index (χ1) is 15.2. The van der Waals surface area contributed by atoms with E-state index in [0.717, 1.165) is 31.6 Å². The van der Waals surface area contributed by atoms with Gasteiger partial charge in [-0.15, -0.1) is 0 Å². The summed E-state index contributed by atoms with van der Waals surface area (Å²) in [5.41, 5.74) is 1.65. The number of nitrogens with one attached hydrogen (secondary N) is 3. The molecule has 1 aliphatic heterocycles. The highest BCUT2D eigenvalue weighted by molar-refractivity contribution is 5.94. The molecular weight excluding hydrogens is 406 g/mol. The van der Waals surface area contributed by atoms with Crippen LogP contribution >= 0.6 is 0 Å². The average molecular weight is 434 g/mol. The third-order valence-corrected chi connectivity index (χ3v) is 5.52. The number of nitrogens with zero attached hydrogens (tertiary/aromatic N) is 2. The first-order valence-corrected chi connectivity index (χ1v) is 10.7. The first kappa shape index (κ1) is 21.5. The van der Waals surface area contributed by atoms with E-state index in [1.165, 1.54) is 0 Å². The molecule has 0 spiro atoms. The molecule has 4 rings (SSSR count). The summed E-state index contributed by atoms with van der Waals surface area (Å²) in [7, 11) is 0. The van der Waals surface area contributed by atoms with Crippen molar-refractivity contribution in [1.29, 1.82) is 0 Å². The largest absolute Gasteiger partial charge is 0.348 e. The zero-order valence-corrected chi connectivity index (χ0v) is 18.5. The molecule has 2 aromatic heterocycles. The maximum atomic E-state index is 12.7. The minimum atomic E-state index is -0.431. The quantitative estimate of drug-likeness (QED) is 0.571. The van der Waals surface area contributed by atoms with Crippen LogP contribution in [-0.2, 0) is 5.41 Å². The maximum Gasteiger partial charge on any atom is 0.272 e. The number of carbonyl (C=O) groups is 1. The van der Waals surface area contributed by atoms with Gasteiger partial charge in [0.2, 0.25) is 0 Å². The molecule has 8 nitrogen and oxygen atoms in total. The molecule has 166 valence electrons.